The largest absolute Gasteiger partial charge is 3.00 e. The van der Waals surface area contributed by atoms with Crippen molar-refractivity contribution in [2.75, 3.05) is 0 Å². The fraction of sp³-hybridized carbons (Fsp3) is 0. The van der Waals surface area contributed by atoms with Crippen molar-refractivity contribution in [3.63, 3.8) is 0 Å². The van der Waals surface area contributed by atoms with Gasteiger partial charge in [0.2, 0.25) is 0 Å². The molecule has 0 amide bonds. The van der Waals surface area contributed by atoms with Gasteiger partial charge in [0, 0.05) is 0 Å². The van der Waals surface area contributed by atoms with E-state index in [9.17, 15) is 0 Å². The fourth-order valence-electron chi connectivity index (χ4n) is 0. The van der Waals surface area contributed by atoms with E-state index in [0.29, 0.717) is 0 Å². The predicted molar refractivity (Wildman–Crippen MR) is 7.13 cm³/mol. The Hall–Kier alpha value is 2.60. The first kappa shape index (κ1) is 30.7. The van der Waals surface area contributed by atoms with Crippen molar-refractivity contribution in [2.45, 2.75) is 0 Å². The second-order valence-corrected chi connectivity index (χ2v) is 0. The van der Waals surface area contributed by atoms with E-state index in [2.05, 4.69) is 0 Å². The minimum absolute atomic E-state index is 0. The average Bonchev–Trinajstić information content (AvgIpc) is 0. The van der Waals surface area contributed by atoms with E-state index >= 15 is 0 Å². The predicted octanol–water partition coefficient (Wildman–Crippen LogP) is -0.621. The molecule has 0 aromatic heterocycles. The van der Waals surface area contributed by atoms with Crippen LogP contribution in [0.4, 0.5) is 0 Å². The molecule has 0 heterocycles. The maximum Gasteiger partial charge on any atom is 3.00 e. The summed E-state index contributed by atoms with van der Waals surface area (Å²) in [6, 6.07) is 0. The molecule has 0 fully saturated rings. The van der Waals surface area contributed by atoms with Crippen LogP contribution in [0.3, 0.4) is 0 Å². The third kappa shape index (κ3) is 8.82. The molecule has 0 atom stereocenters. The zero-order valence-electron chi connectivity index (χ0n) is 2.10. The van der Waals surface area contributed by atoms with Gasteiger partial charge in [-0.1, -0.05) is 0 Å². The Bertz CT molecular complexity index is 6.00. The smallest absolute Gasteiger partial charge is 2.00 e. The Morgan fingerprint density at radius 2 is 0.750 bits per heavy atom. The molecule has 16 valence electrons. The van der Waals surface area contributed by atoms with Crippen molar-refractivity contribution in [1.82, 2.24) is 0 Å². The molecule has 0 saturated heterocycles. The molecule has 4 heavy (non-hydrogen) atoms. The molecule has 4 heteroatoms. The van der Waals surface area contributed by atoms with Crippen molar-refractivity contribution in [3.05, 3.63) is 0 Å². The van der Waals surface area contributed by atoms with Gasteiger partial charge < -0.3 is 11.0 Å². The maximum atomic E-state index is 0. The first-order chi connectivity index (χ1) is 0. The standard InChI is InChI=1S/Ba.2O.Y/q+2;2*-2;+3. The van der Waals surface area contributed by atoms with Crippen LogP contribution in [0.15, 0.2) is 0 Å². The first-order valence-electron chi connectivity index (χ1n) is 0. The van der Waals surface area contributed by atoms with Crippen LogP contribution >= 0.6 is 0 Å². The van der Waals surface area contributed by atoms with Crippen LogP contribution in [-0.2, 0) is 43.7 Å². The first-order valence-corrected chi connectivity index (χ1v) is 0. The molecule has 0 radical (unpaired) electrons. The number of rotatable bonds is 0. The summed E-state index contributed by atoms with van der Waals surface area (Å²) < 4.78 is 0. The molecule has 0 N–H and O–H groups in total. The van der Waals surface area contributed by atoms with E-state index in [0.717, 1.165) is 0 Å². The van der Waals surface area contributed by atoms with Crippen molar-refractivity contribution >= 4 is 48.9 Å². The van der Waals surface area contributed by atoms with Crippen molar-refractivity contribution in [2.24, 2.45) is 0 Å². The van der Waals surface area contributed by atoms with Gasteiger partial charge in [0.25, 0.3) is 0 Å². The van der Waals surface area contributed by atoms with Crippen LogP contribution in [0.5, 0.6) is 0 Å². The van der Waals surface area contributed by atoms with Crippen molar-refractivity contribution in [3.8, 4) is 0 Å². The van der Waals surface area contributed by atoms with Gasteiger partial charge in [0.1, 0.15) is 0 Å². The summed E-state index contributed by atoms with van der Waals surface area (Å²) in [4.78, 5) is 0. The summed E-state index contributed by atoms with van der Waals surface area (Å²) in [6.45, 7) is 0. The van der Waals surface area contributed by atoms with Gasteiger partial charge >= 0.3 is 81.6 Å². The van der Waals surface area contributed by atoms with Crippen LogP contribution < -0.4 is 0 Å². The average molecular weight is 258 g/mol. The van der Waals surface area contributed by atoms with Gasteiger partial charge in [-0.3, -0.25) is 0 Å². The van der Waals surface area contributed by atoms with Crippen LogP contribution in [-0.4, -0.2) is 48.9 Å². The summed E-state index contributed by atoms with van der Waals surface area (Å²) in [5.74, 6) is 0. The molecule has 0 aliphatic heterocycles. The van der Waals surface area contributed by atoms with Crippen LogP contribution in [0.1, 0.15) is 0 Å². The van der Waals surface area contributed by atoms with Crippen LogP contribution in [0.25, 0.3) is 0 Å². The van der Waals surface area contributed by atoms with Gasteiger partial charge in [-0.2, -0.15) is 0 Å². The molecule has 0 saturated carbocycles. The molecule has 0 aliphatic rings. The number of hydrogen-bond acceptors (Lipinski definition) is 0. The minimum atomic E-state index is 0. The zero-order chi connectivity index (χ0) is 0. The van der Waals surface area contributed by atoms with Crippen LogP contribution in [0, 0.1) is 0 Å². The maximum absolute atomic E-state index is 0. The molecule has 0 unspecified atom stereocenters. The van der Waals surface area contributed by atoms with Crippen LogP contribution in [0.2, 0.25) is 0 Å². The summed E-state index contributed by atoms with van der Waals surface area (Å²) >= 11 is 0. The van der Waals surface area contributed by atoms with E-state index in [-0.39, 0.29) is 92.5 Å². The summed E-state index contributed by atoms with van der Waals surface area (Å²) in [5.41, 5.74) is 0. The third-order valence-corrected chi connectivity index (χ3v) is 0. The molecular weight excluding hydrogens is 258 g/mol. The second kappa shape index (κ2) is 17.5. The Kier molecular flexibility index (Phi) is 134. The normalized spacial score (nSPS) is 0. The Balaban J connectivity index is 0. The fourth-order valence-corrected chi connectivity index (χ4v) is 0. The molecule has 0 aliphatic carbocycles. The van der Waals surface area contributed by atoms with E-state index in [1.165, 1.54) is 0 Å². The quantitative estimate of drug-likeness (QED) is 0.520. The monoisotopic (exact) mass is 259 g/mol. The number of hydrogen-bond donors (Lipinski definition) is 0. The molecule has 0 aromatic rings. The van der Waals surface area contributed by atoms with Crippen molar-refractivity contribution < 1.29 is 43.7 Å². The molecule has 0 rings (SSSR count). The molecular formula is BaO2Y+. The molecule has 0 spiro atoms. The molecule has 2 nitrogen and oxygen atoms in total. The van der Waals surface area contributed by atoms with Gasteiger partial charge in [-0.05, 0) is 0 Å². The summed E-state index contributed by atoms with van der Waals surface area (Å²) in [7, 11) is 0. The van der Waals surface area contributed by atoms with Gasteiger partial charge in [0.05, 0.1) is 0 Å². The summed E-state index contributed by atoms with van der Waals surface area (Å²) in [6.07, 6.45) is 0. The van der Waals surface area contributed by atoms with Gasteiger partial charge in [-0.25, -0.2) is 0 Å². The van der Waals surface area contributed by atoms with Crippen molar-refractivity contribution in [1.29, 1.82) is 0 Å². The third-order valence-electron chi connectivity index (χ3n) is 0. The SMILES string of the molecule is [Ba+2].[O-2].[O-2].[Y+3]. The van der Waals surface area contributed by atoms with Gasteiger partial charge in [0.15, 0.2) is 0 Å². The minimum Gasteiger partial charge on any atom is -2.00 e. The summed E-state index contributed by atoms with van der Waals surface area (Å²) in [5, 5.41) is 0. The molecule has 0 bridgehead atoms. The Morgan fingerprint density at radius 1 is 0.750 bits per heavy atom. The topological polar surface area (TPSA) is 57.0 Å². The Labute approximate surface area is 90.3 Å². The molecule has 0 aromatic carbocycles. The van der Waals surface area contributed by atoms with E-state index < -0.39 is 0 Å². The van der Waals surface area contributed by atoms with Gasteiger partial charge in [-0.15, -0.1) is 0 Å². The van der Waals surface area contributed by atoms with E-state index in [4.69, 9.17) is 0 Å². The second-order valence-electron chi connectivity index (χ2n) is 0. The Morgan fingerprint density at radius 3 is 0.750 bits per heavy atom. The van der Waals surface area contributed by atoms with E-state index in [1.807, 2.05) is 0 Å². The van der Waals surface area contributed by atoms with E-state index in [1.54, 1.807) is 0 Å². The zero-order valence-corrected chi connectivity index (χ0v) is 9.38.